The first kappa shape index (κ1) is 12.8. The van der Waals surface area contributed by atoms with E-state index in [-0.39, 0.29) is 5.02 Å². The van der Waals surface area contributed by atoms with Crippen LogP contribution >= 0.6 is 11.6 Å². The molecule has 0 fully saturated rings. The smallest absolute Gasteiger partial charge is 0.141 e. The van der Waals surface area contributed by atoms with Crippen molar-refractivity contribution in [2.24, 2.45) is 0 Å². The van der Waals surface area contributed by atoms with Gasteiger partial charge in [0.1, 0.15) is 18.0 Å². The summed E-state index contributed by atoms with van der Waals surface area (Å²) in [6, 6.07) is 12.4. The number of fused-ring (bicyclic) bond motifs is 1. The van der Waals surface area contributed by atoms with Gasteiger partial charge in [0.2, 0.25) is 0 Å². The van der Waals surface area contributed by atoms with Crippen LogP contribution in [0.15, 0.2) is 48.8 Å². The summed E-state index contributed by atoms with van der Waals surface area (Å²) in [5.74, 6) is 0.332. The molecule has 1 heterocycles. The van der Waals surface area contributed by atoms with E-state index in [4.69, 9.17) is 11.6 Å². The Hall–Kier alpha value is -2.20. The average Bonchev–Trinajstić information content (AvgIpc) is 2.48. The van der Waals surface area contributed by atoms with Crippen LogP contribution in [-0.2, 0) is 6.54 Å². The first-order valence-corrected chi connectivity index (χ1v) is 6.49. The fraction of sp³-hybridized carbons (Fsp3) is 0.0667. The Morgan fingerprint density at radius 3 is 2.80 bits per heavy atom. The number of aromatic nitrogens is 2. The molecule has 0 bridgehead atoms. The topological polar surface area (TPSA) is 37.8 Å². The van der Waals surface area contributed by atoms with E-state index in [2.05, 4.69) is 15.3 Å². The molecule has 5 heteroatoms. The molecule has 0 aliphatic carbocycles. The second-order valence-electron chi connectivity index (χ2n) is 4.34. The highest BCUT2D eigenvalue weighted by Gasteiger charge is 2.04. The number of anilines is 1. The summed E-state index contributed by atoms with van der Waals surface area (Å²) in [6.07, 6.45) is 1.52. The molecule has 0 unspecified atom stereocenters. The van der Waals surface area contributed by atoms with E-state index in [0.717, 1.165) is 22.3 Å². The van der Waals surface area contributed by atoms with E-state index in [1.807, 2.05) is 24.3 Å². The molecule has 0 aliphatic heterocycles. The van der Waals surface area contributed by atoms with Crippen molar-refractivity contribution in [3.8, 4) is 0 Å². The Kier molecular flexibility index (Phi) is 3.48. The molecule has 3 nitrogen and oxygen atoms in total. The average molecular weight is 288 g/mol. The molecule has 3 rings (SSSR count). The van der Waals surface area contributed by atoms with Gasteiger partial charge in [-0.15, -0.1) is 0 Å². The third-order valence-corrected chi connectivity index (χ3v) is 3.28. The van der Waals surface area contributed by atoms with Gasteiger partial charge in [-0.1, -0.05) is 29.8 Å². The monoisotopic (exact) mass is 287 g/mol. The van der Waals surface area contributed by atoms with Crippen LogP contribution in [0.5, 0.6) is 0 Å². The number of para-hydroxylation sites is 1. The van der Waals surface area contributed by atoms with Crippen molar-refractivity contribution >= 4 is 28.3 Å². The van der Waals surface area contributed by atoms with Crippen LogP contribution in [0.4, 0.5) is 10.2 Å². The predicted molar refractivity (Wildman–Crippen MR) is 78.3 cm³/mol. The van der Waals surface area contributed by atoms with Gasteiger partial charge in [-0.2, -0.15) is 0 Å². The Balaban J connectivity index is 1.85. The van der Waals surface area contributed by atoms with Crippen LogP contribution < -0.4 is 5.32 Å². The van der Waals surface area contributed by atoms with E-state index in [9.17, 15) is 4.39 Å². The van der Waals surface area contributed by atoms with Crippen molar-refractivity contribution in [1.29, 1.82) is 0 Å². The summed E-state index contributed by atoms with van der Waals surface area (Å²) in [5, 5.41) is 4.29. The zero-order valence-corrected chi connectivity index (χ0v) is 11.2. The molecule has 20 heavy (non-hydrogen) atoms. The summed E-state index contributed by atoms with van der Waals surface area (Å²) in [4.78, 5) is 8.43. The molecular formula is C15H11ClFN3. The fourth-order valence-electron chi connectivity index (χ4n) is 1.98. The molecule has 100 valence electrons. The summed E-state index contributed by atoms with van der Waals surface area (Å²) in [5.41, 5.74) is 1.77. The van der Waals surface area contributed by atoms with Gasteiger partial charge in [0, 0.05) is 11.9 Å². The lowest BCUT2D eigenvalue weighted by atomic mass is 10.2. The second kappa shape index (κ2) is 5.43. The Morgan fingerprint density at radius 2 is 1.95 bits per heavy atom. The Bertz CT molecular complexity index is 756. The molecule has 1 aromatic heterocycles. The predicted octanol–water partition coefficient (Wildman–Crippen LogP) is 4.03. The highest BCUT2D eigenvalue weighted by Crippen LogP contribution is 2.20. The van der Waals surface area contributed by atoms with Crippen molar-refractivity contribution in [3.63, 3.8) is 0 Å². The first-order chi connectivity index (χ1) is 9.74. The van der Waals surface area contributed by atoms with Gasteiger partial charge in [-0.05, 0) is 29.8 Å². The van der Waals surface area contributed by atoms with Gasteiger partial charge >= 0.3 is 0 Å². The number of benzene rings is 2. The molecule has 0 radical (unpaired) electrons. The van der Waals surface area contributed by atoms with Crippen molar-refractivity contribution in [2.75, 3.05) is 5.32 Å². The lowest BCUT2D eigenvalue weighted by molar-refractivity contribution is 0.627. The minimum atomic E-state index is -0.414. The molecule has 0 atom stereocenters. The lowest BCUT2D eigenvalue weighted by Gasteiger charge is -2.08. The van der Waals surface area contributed by atoms with Crippen molar-refractivity contribution in [3.05, 3.63) is 65.2 Å². The molecule has 0 saturated heterocycles. The van der Waals surface area contributed by atoms with Gasteiger partial charge in [0.25, 0.3) is 0 Å². The maximum absolute atomic E-state index is 13.1. The molecule has 0 aliphatic rings. The number of rotatable bonds is 3. The quantitative estimate of drug-likeness (QED) is 0.790. The van der Waals surface area contributed by atoms with Crippen molar-refractivity contribution in [1.82, 2.24) is 9.97 Å². The Labute approximate surface area is 120 Å². The van der Waals surface area contributed by atoms with Gasteiger partial charge in [0.05, 0.1) is 10.5 Å². The van der Waals surface area contributed by atoms with Crippen LogP contribution in [-0.4, -0.2) is 9.97 Å². The van der Waals surface area contributed by atoms with E-state index in [1.54, 1.807) is 12.1 Å². The largest absolute Gasteiger partial charge is 0.365 e. The number of nitrogens with zero attached hydrogens (tertiary/aromatic N) is 2. The van der Waals surface area contributed by atoms with Gasteiger partial charge < -0.3 is 5.32 Å². The van der Waals surface area contributed by atoms with Gasteiger partial charge in [-0.25, -0.2) is 14.4 Å². The first-order valence-electron chi connectivity index (χ1n) is 6.11. The number of halogens is 2. The molecular weight excluding hydrogens is 277 g/mol. The normalized spacial score (nSPS) is 10.7. The maximum atomic E-state index is 13.1. The van der Waals surface area contributed by atoms with Crippen molar-refractivity contribution in [2.45, 2.75) is 6.54 Å². The fourth-order valence-corrected chi connectivity index (χ4v) is 2.18. The molecule has 2 aromatic carbocycles. The van der Waals surface area contributed by atoms with E-state index in [0.29, 0.717) is 6.54 Å². The third kappa shape index (κ3) is 2.56. The summed E-state index contributed by atoms with van der Waals surface area (Å²) in [7, 11) is 0. The minimum Gasteiger partial charge on any atom is -0.365 e. The molecule has 0 amide bonds. The maximum Gasteiger partial charge on any atom is 0.141 e. The Morgan fingerprint density at radius 1 is 1.10 bits per heavy atom. The van der Waals surface area contributed by atoms with Crippen LogP contribution in [0, 0.1) is 5.82 Å². The van der Waals surface area contributed by atoms with Crippen LogP contribution in [0.2, 0.25) is 5.02 Å². The zero-order valence-electron chi connectivity index (χ0n) is 10.5. The SMILES string of the molecule is Fc1ccc(CNc2ncnc3ccccc23)cc1Cl. The third-order valence-electron chi connectivity index (χ3n) is 2.99. The standard InChI is InChI=1S/C15H11ClFN3/c16-12-7-10(5-6-13(12)17)8-18-15-11-3-1-2-4-14(11)19-9-20-15/h1-7,9H,8H2,(H,18,19,20). The van der Waals surface area contributed by atoms with Crippen LogP contribution in [0.3, 0.4) is 0 Å². The van der Waals surface area contributed by atoms with Crippen LogP contribution in [0.1, 0.15) is 5.56 Å². The lowest BCUT2D eigenvalue weighted by Crippen LogP contribution is -2.02. The number of nitrogens with one attached hydrogen (secondary N) is 1. The van der Waals surface area contributed by atoms with Crippen molar-refractivity contribution < 1.29 is 4.39 Å². The van der Waals surface area contributed by atoms with Gasteiger partial charge in [0.15, 0.2) is 0 Å². The van der Waals surface area contributed by atoms with Crippen LogP contribution in [0.25, 0.3) is 10.9 Å². The minimum absolute atomic E-state index is 0.122. The highest BCUT2D eigenvalue weighted by molar-refractivity contribution is 6.30. The molecule has 0 saturated carbocycles. The number of hydrogen-bond acceptors (Lipinski definition) is 3. The summed E-state index contributed by atoms with van der Waals surface area (Å²) < 4.78 is 13.1. The summed E-state index contributed by atoms with van der Waals surface area (Å²) in [6.45, 7) is 0.515. The second-order valence-corrected chi connectivity index (χ2v) is 4.75. The molecule has 3 aromatic rings. The molecule has 1 N–H and O–H groups in total. The van der Waals surface area contributed by atoms with E-state index < -0.39 is 5.82 Å². The summed E-state index contributed by atoms with van der Waals surface area (Å²) >= 11 is 5.76. The molecule has 0 spiro atoms. The highest BCUT2D eigenvalue weighted by atomic mass is 35.5. The zero-order chi connectivity index (χ0) is 13.9. The number of hydrogen-bond donors (Lipinski definition) is 1. The van der Waals surface area contributed by atoms with Gasteiger partial charge in [-0.3, -0.25) is 0 Å². The van der Waals surface area contributed by atoms with E-state index in [1.165, 1.54) is 12.4 Å². The van der Waals surface area contributed by atoms with E-state index >= 15 is 0 Å².